The Hall–Kier alpha value is -3.51. The molecule has 6 nitrogen and oxygen atoms in total. The summed E-state index contributed by atoms with van der Waals surface area (Å²) in [6.45, 7) is 2.64. The first kappa shape index (κ1) is 22.7. The maximum Gasteiger partial charge on any atom is 0.264 e. The quantitative estimate of drug-likeness (QED) is 0.531. The molecule has 0 saturated heterocycles. The molecule has 3 aromatic rings. The number of benzene rings is 3. The Balaban J connectivity index is 1.48. The molecule has 1 unspecified atom stereocenters. The first-order valence-electron chi connectivity index (χ1n) is 10.8. The fourth-order valence-electron chi connectivity index (χ4n) is 3.65. The summed E-state index contributed by atoms with van der Waals surface area (Å²) >= 11 is 5.99. The third-order valence-electron chi connectivity index (χ3n) is 5.33. The van der Waals surface area contributed by atoms with E-state index in [1.807, 2.05) is 55.5 Å². The number of para-hydroxylation sites is 1. The van der Waals surface area contributed by atoms with Crippen LogP contribution in [0, 0.1) is 0 Å². The Morgan fingerprint density at radius 1 is 1.12 bits per heavy atom. The maximum absolute atomic E-state index is 13.1. The monoisotopic (exact) mass is 464 g/mol. The topological polar surface area (TPSA) is 67.9 Å². The van der Waals surface area contributed by atoms with Crippen molar-refractivity contribution >= 4 is 29.1 Å². The molecule has 1 atom stereocenters. The number of halogens is 1. The van der Waals surface area contributed by atoms with Gasteiger partial charge in [-0.1, -0.05) is 48.9 Å². The Morgan fingerprint density at radius 3 is 2.61 bits per heavy atom. The maximum atomic E-state index is 13.1. The van der Waals surface area contributed by atoms with Crippen molar-refractivity contribution in [1.29, 1.82) is 0 Å². The molecule has 0 aliphatic carbocycles. The molecule has 0 spiro atoms. The first-order chi connectivity index (χ1) is 16.0. The Morgan fingerprint density at radius 2 is 1.88 bits per heavy atom. The second-order valence-corrected chi connectivity index (χ2v) is 8.24. The number of rotatable bonds is 7. The second-order valence-electron chi connectivity index (χ2n) is 7.81. The molecule has 2 amide bonds. The highest BCUT2D eigenvalue weighted by atomic mass is 35.5. The molecular weight excluding hydrogens is 440 g/mol. The van der Waals surface area contributed by atoms with Gasteiger partial charge in [0, 0.05) is 29.4 Å². The van der Waals surface area contributed by atoms with E-state index < -0.39 is 6.10 Å². The van der Waals surface area contributed by atoms with Crippen molar-refractivity contribution in [1.82, 2.24) is 4.90 Å². The molecule has 0 radical (unpaired) electrons. The summed E-state index contributed by atoms with van der Waals surface area (Å²) in [7, 11) is 0. The third-order valence-corrected chi connectivity index (χ3v) is 5.58. The molecule has 170 valence electrons. The summed E-state index contributed by atoms with van der Waals surface area (Å²) in [6, 6.07) is 22.0. The number of carbonyl (C=O) groups is 2. The minimum atomic E-state index is -0.557. The minimum Gasteiger partial charge on any atom is -0.484 e. The van der Waals surface area contributed by atoms with Crippen LogP contribution in [0.4, 0.5) is 5.69 Å². The third kappa shape index (κ3) is 5.84. The summed E-state index contributed by atoms with van der Waals surface area (Å²) in [4.78, 5) is 27.2. The summed E-state index contributed by atoms with van der Waals surface area (Å²) in [6.07, 6.45) is 0.00306. The number of carbonyl (C=O) groups excluding carboxylic acids is 2. The number of hydrogen-bond donors (Lipinski definition) is 1. The van der Waals surface area contributed by atoms with Crippen molar-refractivity contribution in [2.45, 2.75) is 32.5 Å². The Labute approximate surface area is 198 Å². The molecular formula is C26H25ClN2O4. The van der Waals surface area contributed by atoms with Gasteiger partial charge < -0.3 is 19.7 Å². The smallest absolute Gasteiger partial charge is 0.264 e. The zero-order chi connectivity index (χ0) is 23.2. The predicted molar refractivity (Wildman–Crippen MR) is 127 cm³/mol. The number of nitrogens with zero attached hydrogens (tertiary/aromatic N) is 1. The van der Waals surface area contributed by atoms with E-state index in [-0.39, 0.29) is 18.4 Å². The molecule has 1 N–H and O–H groups in total. The lowest BCUT2D eigenvalue weighted by Crippen LogP contribution is -2.38. The van der Waals surface area contributed by atoms with Crippen molar-refractivity contribution in [2.24, 2.45) is 0 Å². The molecule has 4 rings (SSSR count). The van der Waals surface area contributed by atoms with Gasteiger partial charge in [-0.2, -0.15) is 0 Å². The Kier molecular flexibility index (Phi) is 7.15. The Bertz CT molecular complexity index is 1120. The molecule has 0 aromatic heterocycles. The number of amides is 2. The molecule has 0 bridgehead atoms. The van der Waals surface area contributed by atoms with E-state index in [1.165, 1.54) is 0 Å². The molecule has 1 heterocycles. The van der Waals surface area contributed by atoms with Crippen LogP contribution < -0.4 is 14.8 Å². The molecule has 1 aliphatic heterocycles. The van der Waals surface area contributed by atoms with Crippen LogP contribution in [0.25, 0.3) is 0 Å². The number of fused-ring (bicyclic) bond motifs is 1. The molecule has 33 heavy (non-hydrogen) atoms. The average Bonchev–Trinajstić information content (AvgIpc) is 2.96. The zero-order valence-electron chi connectivity index (χ0n) is 18.3. The average molecular weight is 465 g/mol. The predicted octanol–water partition coefficient (Wildman–Crippen LogP) is 5.06. The van der Waals surface area contributed by atoms with Gasteiger partial charge >= 0.3 is 0 Å². The summed E-state index contributed by atoms with van der Waals surface area (Å²) in [5, 5.41) is 3.50. The van der Waals surface area contributed by atoms with Gasteiger partial charge in [0.15, 0.2) is 12.7 Å². The standard InChI is InChI=1S/C26H25ClN2O4/c1-2-23-26(31)29(15-18-8-10-20(27)11-9-18)16-19-14-21(12-13-24(19)33-23)28-25(30)17-32-22-6-4-3-5-7-22/h3-14,23H,2,15-17H2,1H3,(H,28,30). The number of ether oxygens (including phenoxy) is 2. The second kappa shape index (κ2) is 10.4. The van der Waals surface area contributed by atoms with Crippen LogP contribution in [0.2, 0.25) is 5.02 Å². The van der Waals surface area contributed by atoms with Gasteiger partial charge in [0.2, 0.25) is 0 Å². The lowest BCUT2D eigenvalue weighted by molar-refractivity contribution is -0.139. The van der Waals surface area contributed by atoms with E-state index in [1.54, 1.807) is 29.2 Å². The van der Waals surface area contributed by atoms with Gasteiger partial charge in [0.05, 0.1) is 0 Å². The van der Waals surface area contributed by atoms with Crippen LogP contribution >= 0.6 is 11.6 Å². The van der Waals surface area contributed by atoms with Crippen molar-refractivity contribution < 1.29 is 19.1 Å². The molecule has 0 saturated carbocycles. The van der Waals surface area contributed by atoms with Gasteiger partial charge in [0.25, 0.3) is 11.8 Å². The van der Waals surface area contributed by atoms with E-state index in [4.69, 9.17) is 21.1 Å². The van der Waals surface area contributed by atoms with E-state index in [9.17, 15) is 9.59 Å². The van der Waals surface area contributed by atoms with Gasteiger partial charge in [-0.25, -0.2) is 0 Å². The van der Waals surface area contributed by atoms with Crippen molar-refractivity contribution in [3.05, 3.63) is 88.9 Å². The van der Waals surface area contributed by atoms with Gasteiger partial charge in [-0.15, -0.1) is 0 Å². The molecule has 7 heteroatoms. The molecule has 3 aromatic carbocycles. The largest absolute Gasteiger partial charge is 0.484 e. The van der Waals surface area contributed by atoms with E-state index >= 15 is 0 Å². The highest BCUT2D eigenvalue weighted by Crippen LogP contribution is 2.30. The van der Waals surface area contributed by atoms with Gasteiger partial charge in [0.1, 0.15) is 11.5 Å². The molecule has 1 aliphatic rings. The SMILES string of the molecule is CCC1Oc2ccc(NC(=O)COc3ccccc3)cc2CN(Cc2ccc(Cl)cc2)C1=O. The summed E-state index contributed by atoms with van der Waals surface area (Å²) in [5.41, 5.74) is 2.43. The van der Waals surface area contributed by atoms with Crippen molar-refractivity contribution in [3.8, 4) is 11.5 Å². The van der Waals surface area contributed by atoms with Crippen LogP contribution in [0.1, 0.15) is 24.5 Å². The number of nitrogens with one attached hydrogen (secondary N) is 1. The molecule has 0 fully saturated rings. The minimum absolute atomic E-state index is 0.0644. The summed E-state index contributed by atoms with van der Waals surface area (Å²) < 4.78 is 11.5. The highest BCUT2D eigenvalue weighted by Gasteiger charge is 2.30. The lowest BCUT2D eigenvalue weighted by Gasteiger charge is -2.23. The summed E-state index contributed by atoms with van der Waals surface area (Å²) in [5.74, 6) is 0.941. The van der Waals surface area contributed by atoms with Crippen LogP contribution in [0.5, 0.6) is 11.5 Å². The van der Waals surface area contributed by atoms with E-state index in [0.29, 0.717) is 41.7 Å². The van der Waals surface area contributed by atoms with E-state index in [2.05, 4.69) is 5.32 Å². The van der Waals surface area contributed by atoms with Gasteiger partial charge in [-0.3, -0.25) is 9.59 Å². The number of anilines is 1. The normalized spacial score (nSPS) is 15.3. The zero-order valence-corrected chi connectivity index (χ0v) is 19.0. The van der Waals surface area contributed by atoms with E-state index in [0.717, 1.165) is 11.1 Å². The van der Waals surface area contributed by atoms with Gasteiger partial charge in [-0.05, 0) is 54.4 Å². The van der Waals surface area contributed by atoms with Crippen LogP contribution in [0.15, 0.2) is 72.8 Å². The first-order valence-corrected chi connectivity index (χ1v) is 11.2. The fourth-order valence-corrected chi connectivity index (χ4v) is 3.78. The van der Waals surface area contributed by atoms with Crippen molar-refractivity contribution in [3.63, 3.8) is 0 Å². The van der Waals surface area contributed by atoms with Crippen LogP contribution in [-0.4, -0.2) is 29.4 Å². The lowest BCUT2D eigenvalue weighted by atomic mass is 10.1. The highest BCUT2D eigenvalue weighted by molar-refractivity contribution is 6.30. The van der Waals surface area contributed by atoms with Crippen LogP contribution in [0.3, 0.4) is 0 Å². The van der Waals surface area contributed by atoms with Crippen molar-refractivity contribution in [2.75, 3.05) is 11.9 Å². The van der Waals surface area contributed by atoms with Crippen LogP contribution in [-0.2, 0) is 22.7 Å². The fraction of sp³-hybridized carbons (Fsp3) is 0.231. The number of hydrogen-bond acceptors (Lipinski definition) is 4.